The van der Waals surface area contributed by atoms with E-state index in [4.69, 9.17) is 21.4 Å². The Morgan fingerprint density at radius 1 is 1.71 bits per heavy atom. The monoisotopic (exact) mass is 256 g/mol. The summed E-state index contributed by atoms with van der Waals surface area (Å²) in [6.45, 7) is -3.76. The van der Waals surface area contributed by atoms with Crippen LogP contribution < -0.4 is 11.2 Å². The maximum atomic E-state index is 12.4. The molecule has 2 rings (SSSR count). The topological polar surface area (TPSA) is 125 Å². The van der Waals surface area contributed by atoms with E-state index in [0.717, 1.165) is 0 Å². The Kier molecular flexibility index (Phi) is 1.04. The van der Waals surface area contributed by atoms with Gasteiger partial charge in [0.2, 0.25) is 4.29 Å². The number of nitrogens with zero attached hydrogens (tertiary/aromatic N) is 1. The molecule has 0 bridgehead atoms. The second kappa shape index (κ2) is 4.41. The van der Waals surface area contributed by atoms with E-state index in [9.17, 15) is 9.59 Å². The number of hydrogen-bond acceptors (Lipinski definition) is 6. The molecule has 0 aromatic carbocycles. The third-order valence-electron chi connectivity index (χ3n) is 1.76. The molecule has 0 radical (unpaired) electrons. The smallest absolute Gasteiger partial charge is 0.330 e. The lowest BCUT2D eigenvalue weighted by atomic mass is 10.1. The van der Waals surface area contributed by atoms with Crippen LogP contribution in [0.1, 0.15) is 17.2 Å². The normalized spacial score (nSPS) is 60.9. The SMILES string of the molecule is [2H]OC([2H])([2H])[C@@]1([2H])O[C@@]([2H])(n2c([2H])c([2H])c(=O)n([2H])c2=O)[C@]([2H])(O[2H])C1([2H])O[2H]. The molecule has 1 aromatic heterocycles. The van der Waals surface area contributed by atoms with Crippen LogP contribution in [-0.2, 0) is 4.74 Å². The van der Waals surface area contributed by atoms with Crippen LogP contribution in [0.15, 0.2) is 21.8 Å². The quantitative estimate of drug-likeness (QED) is 0.449. The molecule has 0 amide bonds. The van der Waals surface area contributed by atoms with Gasteiger partial charge < -0.3 is 20.1 Å². The number of hydrogen-bond donors (Lipinski definition) is 4. The van der Waals surface area contributed by atoms with E-state index in [1.807, 2.05) is 0 Å². The number of ether oxygens (including phenoxy) is 1. The molecule has 4 N–H and O–H groups in total. The van der Waals surface area contributed by atoms with Crippen molar-refractivity contribution < 1.29 is 32.4 Å². The minimum absolute atomic E-state index is 0.399. The molecule has 94 valence electrons. The highest BCUT2D eigenvalue weighted by Gasteiger charge is 2.43. The lowest BCUT2D eigenvalue weighted by Crippen LogP contribution is -2.37. The Hall–Kier alpha value is -1.48. The Morgan fingerprint density at radius 2 is 2.53 bits per heavy atom. The molecular formula is C9H12N2O6. The van der Waals surface area contributed by atoms with E-state index in [1.54, 1.807) is 0 Å². The van der Waals surface area contributed by atoms with Gasteiger partial charge in [-0.3, -0.25) is 14.3 Å². The summed E-state index contributed by atoms with van der Waals surface area (Å²) >= 11 is 0. The van der Waals surface area contributed by atoms with Gasteiger partial charge in [-0.1, -0.05) is 0 Å². The van der Waals surface area contributed by atoms with E-state index in [0.29, 0.717) is 0 Å². The predicted molar refractivity (Wildman–Crippen MR) is 54.3 cm³/mol. The van der Waals surface area contributed by atoms with Gasteiger partial charge in [-0.05, 0) is 0 Å². The lowest BCUT2D eigenvalue weighted by molar-refractivity contribution is -0.0550. The van der Waals surface area contributed by atoms with E-state index < -0.39 is 64.0 Å². The average molecular weight is 256 g/mol. The van der Waals surface area contributed by atoms with Crippen LogP contribution in [0.2, 0.25) is 1.41 Å². The van der Waals surface area contributed by atoms with Crippen LogP contribution in [0.25, 0.3) is 0 Å². The van der Waals surface area contributed by atoms with Gasteiger partial charge >= 0.3 is 5.69 Å². The van der Waals surface area contributed by atoms with Gasteiger partial charge in [-0.25, -0.2) is 4.79 Å². The molecule has 1 unspecified atom stereocenters. The van der Waals surface area contributed by atoms with Crippen LogP contribution in [0.3, 0.4) is 0 Å². The van der Waals surface area contributed by atoms with E-state index in [-0.39, 0.29) is 0 Å². The third kappa shape index (κ3) is 2.03. The first-order valence-corrected chi connectivity index (χ1v) is 4.05. The van der Waals surface area contributed by atoms with Crippen LogP contribution in [0.4, 0.5) is 0 Å². The molecule has 8 nitrogen and oxygen atoms in total. The Bertz CT molecular complexity index is 953. The molecular weight excluding hydrogens is 232 g/mol. The van der Waals surface area contributed by atoms with Gasteiger partial charge in [-0.15, -0.1) is 0 Å². The summed E-state index contributed by atoms with van der Waals surface area (Å²) in [5.41, 5.74) is -3.53. The molecule has 1 aliphatic rings. The summed E-state index contributed by atoms with van der Waals surface area (Å²) in [6.07, 6.45) is -16.9. The zero-order valence-corrected chi connectivity index (χ0v) is 7.84. The molecule has 17 heavy (non-hydrogen) atoms. The molecule has 1 saturated heterocycles. The zero-order chi connectivity index (χ0) is 22.8. The fourth-order valence-corrected chi connectivity index (χ4v) is 1.06. The lowest BCUT2D eigenvalue weighted by Gasteiger charge is -2.16. The summed E-state index contributed by atoms with van der Waals surface area (Å²) in [7, 11) is 0. The van der Waals surface area contributed by atoms with Gasteiger partial charge in [0, 0.05) is 12.2 Å². The second-order valence-corrected chi connectivity index (χ2v) is 2.77. The second-order valence-electron chi connectivity index (χ2n) is 2.77. The zero-order valence-electron chi connectivity index (χ0n) is 19.8. The van der Waals surface area contributed by atoms with Gasteiger partial charge in [0.05, 0.1) is 17.5 Å². The maximum absolute atomic E-state index is 12.4. The molecule has 1 aromatic rings. The summed E-state index contributed by atoms with van der Waals surface area (Å²) in [5.74, 6) is 0. The molecule has 0 saturated carbocycles. The van der Waals surface area contributed by atoms with Crippen molar-refractivity contribution in [3.63, 3.8) is 0 Å². The first kappa shape index (κ1) is 4.02. The van der Waals surface area contributed by atoms with E-state index >= 15 is 0 Å². The van der Waals surface area contributed by atoms with Gasteiger partial charge in [0.25, 0.3) is 5.56 Å². The first-order chi connectivity index (χ1) is 13.1. The van der Waals surface area contributed by atoms with Crippen molar-refractivity contribution in [2.24, 2.45) is 0 Å². The van der Waals surface area contributed by atoms with Crippen LogP contribution in [0.5, 0.6) is 0 Å². The largest absolute Gasteiger partial charge is 0.394 e. The highest BCUT2D eigenvalue weighted by Crippen LogP contribution is 2.27. The molecule has 8 heteroatoms. The predicted octanol–water partition coefficient (Wildman–Crippen LogP) is -2.85. The van der Waals surface area contributed by atoms with E-state index in [2.05, 4.69) is 15.3 Å². The number of H-pyrrole nitrogens is 1. The summed E-state index contributed by atoms with van der Waals surface area (Å²) < 4.78 is 95.5. The number of aromatic nitrogens is 2. The average Bonchev–Trinajstić information content (AvgIpc) is 2.82. The summed E-state index contributed by atoms with van der Waals surface area (Å²) in [5, 5.41) is 11.5. The maximum Gasteiger partial charge on any atom is 0.330 e. The minimum Gasteiger partial charge on any atom is -0.394 e. The number of rotatable bonds is 5. The van der Waals surface area contributed by atoms with E-state index in [1.165, 1.54) is 0 Å². The van der Waals surface area contributed by atoms with Gasteiger partial charge in [0.1, 0.15) is 18.2 Å². The Labute approximate surface area is 112 Å². The van der Waals surface area contributed by atoms with Crippen molar-refractivity contribution >= 4 is 0 Å². The van der Waals surface area contributed by atoms with Gasteiger partial charge in [0.15, 0.2) is 7.62 Å². The number of aromatic amines is 1. The minimum atomic E-state index is -3.86. The fourth-order valence-electron chi connectivity index (χ4n) is 1.06. The number of aliphatic hydroxyl groups is 3. The van der Waals surface area contributed by atoms with Crippen molar-refractivity contribution in [2.75, 3.05) is 6.56 Å². The first-order valence-electron chi connectivity index (χ1n) is 9.72. The van der Waals surface area contributed by atoms with Gasteiger partial charge in [-0.2, -0.15) is 0 Å². The highest BCUT2D eigenvalue weighted by molar-refractivity contribution is 4.92. The van der Waals surface area contributed by atoms with Crippen molar-refractivity contribution in [1.82, 2.24) is 9.54 Å². The Balaban J connectivity index is 3.05. The summed E-state index contributed by atoms with van der Waals surface area (Å²) in [4.78, 5) is 23.5. The third-order valence-corrected chi connectivity index (χ3v) is 1.76. The molecule has 1 fully saturated rings. The van der Waals surface area contributed by atoms with Crippen molar-refractivity contribution in [3.8, 4) is 0 Å². The molecule has 2 heterocycles. The fraction of sp³-hybridized carbons (Fsp3) is 0.556. The molecule has 4 atom stereocenters. The van der Waals surface area contributed by atoms with Crippen molar-refractivity contribution in [3.05, 3.63) is 33.1 Å². The Morgan fingerprint density at radius 3 is 3.24 bits per heavy atom. The summed E-state index contributed by atoms with van der Waals surface area (Å²) in [6, 6.07) is -1.37. The van der Waals surface area contributed by atoms with Crippen LogP contribution in [-0.4, -0.2) is 54.0 Å². The van der Waals surface area contributed by atoms with Crippen LogP contribution in [0, 0.1) is 0 Å². The standard InChI is InChI=1S/C9H12N2O6/c12-3-4-6(14)7(15)8(17-4)11-2-1-5(13)10-9(11)16/h1-2,4,6-8,12,14-15H,3H2,(H,10,13,16)/t4-,6?,7-,8-/m1/s1/i1D,2D,3D2,4D,6D,7D,8D,12D,14D,15D/hD. The molecule has 0 aliphatic carbocycles. The molecule has 1 aliphatic heterocycles. The molecule has 0 spiro atoms. The number of nitrogens with one attached hydrogen (secondary N) is 1. The van der Waals surface area contributed by atoms with Crippen LogP contribution >= 0.6 is 0 Å². The highest BCUT2D eigenvalue weighted by atomic mass is 16.6. The van der Waals surface area contributed by atoms with Crippen molar-refractivity contribution in [2.45, 2.75) is 24.4 Å². The van der Waals surface area contributed by atoms with Crippen molar-refractivity contribution in [1.29, 1.82) is 4.29 Å².